The van der Waals surface area contributed by atoms with Crippen molar-refractivity contribution in [2.75, 3.05) is 6.61 Å². The maximum absolute atomic E-state index is 12.7. The first-order valence-electron chi connectivity index (χ1n) is 8.09. The lowest BCUT2D eigenvalue weighted by Gasteiger charge is -2.33. The smallest absolute Gasteiger partial charge is 0.339 e. The Morgan fingerprint density at radius 3 is 2.24 bits per heavy atom. The van der Waals surface area contributed by atoms with E-state index in [0.717, 1.165) is 5.56 Å². The minimum Gasteiger partial charge on any atom is -0.462 e. The first kappa shape index (κ1) is 18.6. The number of hydrogen-bond acceptors (Lipinski definition) is 4. The Labute approximate surface area is 146 Å². The second-order valence-corrected chi connectivity index (χ2v) is 6.02. The predicted octanol–water partition coefficient (Wildman–Crippen LogP) is 0.687. The third kappa shape index (κ3) is 3.00. The summed E-state index contributed by atoms with van der Waals surface area (Å²) in [5.74, 6) is -1.80. The minimum atomic E-state index is -1.63. The second kappa shape index (κ2) is 7.03. The summed E-state index contributed by atoms with van der Waals surface area (Å²) in [5, 5.41) is 1.55. The van der Waals surface area contributed by atoms with Crippen LogP contribution in [0.4, 0.5) is 0 Å². The van der Waals surface area contributed by atoms with E-state index in [9.17, 15) is 14.4 Å². The van der Waals surface area contributed by atoms with Gasteiger partial charge in [0, 0.05) is 19.4 Å². The maximum atomic E-state index is 12.7. The van der Waals surface area contributed by atoms with Crippen LogP contribution in [0.5, 0.6) is 0 Å². The molecule has 132 valence electrons. The third-order valence-corrected chi connectivity index (χ3v) is 4.53. The number of primary amides is 1. The number of allylic oxidation sites excluding steroid dienone is 1. The van der Waals surface area contributed by atoms with E-state index in [2.05, 4.69) is 0 Å². The average Bonchev–Trinajstić information content (AvgIpc) is 2.56. The van der Waals surface area contributed by atoms with Crippen LogP contribution in [0.3, 0.4) is 0 Å². The molecule has 0 fully saturated rings. The summed E-state index contributed by atoms with van der Waals surface area (Å²) in [6, 6.07) is 9.31. The summed E-state index contributed by atoms with van der Waals surface area (Å²) in [7, 11) is 0. The summed E-state index contributed by atoms with van der Waals surface area (Å²) in [4.78, 5) is 37.2. The zero-order chi connectivity index (χ0) is 18.8. The van der Waals surface area contributed by atoms with Crippen molar-refractivity contribution >= 4 is 23.2 Å². The molecular weight excluding hydrogens is 320 g/mol. The quantitative estimate of drug-likeness (QED) is 0.606. The number of rotatable bonds is 5. The first-order chi connectivity index (χ1) is 11.8. The van der Waals surface area contributed by atoms with Crippen molar-refractivity contribution in [2.24, 2.45) is 5.73 Å². The largest absolute Gasteiger partial charge is 0.462 e. The molecule has 1 aromatic rings. The van der Waals surface area contributed by atoms with Gasteiger partial charge in [-0.1, -0.05) is 30.3 Å². The van der Waals surface area contributed by atoms with Crippen LogP contribution in [0.25, 0.3) is 5.57 Å². The number of ketones is 1. The molecule has 6 nitrogen and oxygen atoms in total. The van der Waals surface area contributed by atoms with E-state index >= 15 is 0 Å². The number of esters is 1. The van der Waals surface area contributed by atoms with Gasteiger partial charge in [0.15, 0.2) is 0 Å². The summed E-state index contributed by atoms with van der Waals surface area (Å²) in [6.45, 7) is 6.53. The van der Waals surface area contributed by atoms with Gasteiger partial charge >= 0.3 is 5.97 Å². The van der Waals surface area contributed by atoms with Crippen LogP contribution < -0.4 is 11.1 Å². The Kier molecular flexibility index (Phi) is 5.23. The summed E-state index contributed by atoms with van der Waals surface area (Å²) < 4.78 is 5.20. The highest BCUT2D eigenvalue weighted by atomic mass is 16.5. The fourth-order valence-electron chi connectivity index (χ4n) is 3.32. The number of nitrogens with two attached hydrogens (primary N) is 2. The Balaban J connectivity index is 2.81. The molecule has 0 bridgehead atoms. The van der Waals surface area contributed by atoms with Crippen LogP contribution >= 0.6 is 0 Å². The molecular formula is C19H23N2O4+. The molecule has 1 aliphatic heterocycles. The molecule has 0 aliphatic carbocycles. The molecule has 25 heavy (non-hydrogen) atoms. The summed E-state index contributed by atoms with van der Waals surface area (Å²) >= 11 is 0. The molecule has 1 atom stereocenters. The maximum Gasteiger partial charge on any atom is 0.339 e. The van der Waals surface area contributed by atoms with Crippen LogP contribution in [0.1, 0.15) is 33.3 Å². The highest BCUT2D eigenvalue weighted by Crippen LogP contribution is 2.35. The van der Waals surface area contributed by atoms with Crippen LogP contribution in [-0.4, -0.2) is 29.8 Å². The van der Waals surface area contributed by atoms with E-state index < -0.39 is 23.2 Å². The van der Waals surface area contributed by atoms with Gasteiger partial charge < -0.3 is 10.5 Å². The molecule has 2 rings (SSSR count). The fourth-order valence-corrected chi connectivity index (χ4v) is 3.32. The molecule has 4 N–H and O–H groups in total. The summed E-state index contributed by atoms with van der Waals surface area (Å²) in [6.07, 6.45) is 0. The van der Waals surface area contributed by atoms with E-state index in [1.54, 1.807) is 26.1 Å². The molecule has 6 heteroatoms. The SMILES string of the molecule is CCOC(=O)C1=C(C)[C@](C(C)=O)(C(N)=O)[NH2+]C(C)=C1c1ccccc1. The van der Waals surface area contributed by atoms with Crippen molar-refractivity contribution in [3.05, 3.63) is 52.7 Å². The Bertz CT molecular complexity index is 777. The lowest BCUT2D eigenvalue weighted by molar-refractivity contribution is -0.645. The first-order valence-corrected chi connectivity index (χ1v) is 8.09. The standard InChI is InChI=1S/C19H22N2O4/c1-5-25-17(23)15-11(2)19(13(4)22,18(20)24)21-12(3)16(15)14-9-7-6-8-10-14/h6-10,21H,5H2,1-4H3,(H2,20,24)/p+1/t19-/m0/s1. The van der Waals surface area contributed by atoms with Gasteiger partial charge in [0.2, 0.25) is 5.78 Å². The third-order valence-electron chi connectivity index (χ3n) is 4.53. The molecule has 1 aromatic carbocycles. The number of quaternary nitrogens is 1. The average molecular weight is 343 g/mol. The zero-order valence-corrected chi connectivity index (χ0v) is 14.9. The van der Waals surface area contributed by atoms with Crippen molar-refractivity contribution < 1.29 is 24.4 Å². The lowest BCUT2D eigenvalue weighted by atomic mass is 9.76. The molecule has 0 radical (unpaired) electrons. The molecule has 0 saturated carbocycles. The Hall–Kier alpha value is -2.73. The van der Waals surface area contributed by atoms with Crippen molar-refractivity contribution in [1.29, 1.82) is 0 Å². The number of carbonyl (C=O) groups excluding carboxylic acids is 3. The highest BCUT2D eigenvalue weighted by molar-refractivity contribution is 6.16. The monoisotopic (exact) mass is 343 g/mol. The molecule has 1 amide bonds. The van der Waals surface area contributed by atoms with Gasteiger partial charge in [-0.2, -0.15) is 0 Å². The van der Waals surface area contributed by atoms with Crippen molar-refractivity contribution in [2.45, 2.75) is 33.2 Å². The van der Waals surface area contributed by atoms with E-state index in [4.69, 9.17) is 10.5 Å². The van der Waals surface area contributed by atoms with E-state index in [-0.39, 0.29) is 12.2 Å². The van der Waals surface area contributed by atoms with E-state index in [1.165, 1.54) is 6.92 Å². The van der Waals surface area contributed by atoms with Gasteiger partial charge in [-0.3, -0.25) is 14.9 Å². The highest BCUT2D eigenvalue weighted by Gasteiger charge is 2.53. The van der Waals surface area contributed by atoms with Crippen LogP contribution in [0, 0.1) is 0 Å². The van der Waals surface area contributed by atoms with Gasteiger partial charge in [-0.15, -0.1) is 0 Å². The normalized spacial score (nSPS) is 20.5. The molecule has 1 aliphatic rings. The molecule has 0 aromatic heterocycles. The molecule has 0 unspecified atom stereocenters. The van der Waals surface area contributed by atoms with Crippen molar-refractivity contribution in [1.82, 2.24) is 0 Å². The number of Topliss-reactive ketones (excluding diaryl/α,β-unsaturated/α-hetero) is 1. The Morgan fingerprint density at radius 1 is 1.16 bits per heavy atom. The molecule has 1 heterocycles. The lowest BCUT2D eigenvalue weighted by Crippen LogP contribution is -3.01. The number of carbonyl (C=O) groups is 3. The fraction of sp³-hybridized carbons (Fsp3) is 0.316. The zero-order valence-electron chi connectivity index (χ0n) is 14.9. The second-order valence-electron chi connectivity index (χ2n) is 6.02. The van der Waals surface area contributed by atoms with Crippen LogP contribution in [-0.2, 0) is 19.1 Å². The van der Waals surface area contributed by atoms with Crippen molar-refractivity contribution in [3.63, 3.8) is 0 Å². The van der Waals surface area contributed by atoms with Crippen molar-refractivity contribution in [3.8, 4) is 0 Å². The summed E-state index contributed by atoms with van der Waals surface area (Å²) in [5.41, 5.74) is 6.55. The predicted molar refractivity (Wildman–Crippen MR) is 92.9 cm³/mol. The minimum absolute atomic E-state index is 0.185. The Morgan fingerprint density at radius 2 is 1.76 bits per heavy atom. The van der Waals surface area contributed by atoms with Gasteiger partial charge in [0.1, 0.15) is 5.70 Å². The number of benzene rings is 1. The van der Waals surface area contributed by atoms with Crippen LogP contribution in [0.15, 0.2) is 47.2 Å². The number of amides is 1. The van der Waals surface area contributed by atoms with Gasteiger partial charge in [-0.25, -0.2) is 4.79 Å². The van der Waals surface area contributed by atoms with Gasteiger partial charge in [0.25, 0.3) is 11.4 Å². The van der Waals surface area contributed by atoms with E-state index in [0.29, 0.717) is 16.8 Å². The van der Waals surface area contributed by atoms with Gasteiger partial charge in [-0.05, 0) is 19.4 Å². The number of ether oxygens (including phenoxy) is 1. The molecule has 0 spiro atoms. The van der Waals surface area contributed by atoms with Gasteiger partial charge in [0.05, 0.1) is 17.8 Å². The topological polar surface area (TPSA) is 103 Å². The molecule has 0 saturated heterocycles. The van der Waals surface area contributed by atoms with Crippen LogP contribution in [0.2, 0.25) is 0 Å². The number of hydrogen-bond donors (Lipinski definition) is 2. The van der Waals surface area contributed by atoms with E-state index in [1.807, 2.05) is 30.3 Å².